The lowest BCUT2D eigenvalue weighted by atomic mass is 10.1. The van der Waals surface area contributed by atoms with Crippen molar-refractivity contribution in [2.45, 2.75) is 20.0 Å². The second-order valence-corrected chi connectivity index (χ2v) is 3.44. The van der Waals surface area contributed by atoms with Crippen LogP contribution in [0.3, 0.4) is 0 Å². The molecule has 0 saturated carbocycles. The number of imidazole rings is 1. The first-order valence-electron chi connectivity index (χ1n) is 4.83. The van der Waals surface area contributed by atoms with Crippen LogP contribution in [0.15, 0.2) is 30.7 Å². The Kier molecular flexibility index (Phi) is 2.51. The summed E-state index contributed by atoms with van der Waals surface area (Å²) in [5, 5.41) is 9.62. The molecule has 0 aliphatic rings. The number of hydrogen-bond acceptors (Lipinski definition) is 3. The number of pyridine rings is 1. The van der Waals surface area contributed by atoms with Crippen molar-refractivity contribution in [3.8, 4) is 5.82 Å². The summed E-state index contributed by atoms with van der Waals surface area (Å²) in [4.78, 5) is 8.40. The molecule has 0 aliphatic heterocycles. The minimum Gasteiger partial charge on any atom is -0.389 e. The minimum absolute atomic E-state index is 0.532. The van der Waals surface area contributed by atoms with Gasteiger partial charge in [-0.15, -0.1) is 0 Å². The van der Waals surface area contributed by atoms with Crippen molar-refractivity contribution in [1.82, 2.24) is 14.5 Å². The minimum atomic E-state index is -0.532. The zero-order valence-corrected chi connectivity index (χ0v) is 8.75. The van der Waals surface area contributed by atoms with Gasteiger partial charge in [0.05, 0.1) is 6.10 Å². The van der Waals surface area contributed by atoms with Gasteiger partial charge in [0.15, 0.2) is 0 Å². The highest BCUT2D eigenvalue weighted by Crippen LogP contribution is 2.19. The maximum atomic E-state index is 9.62. The second kappa shape index (κ2) is 3.82. The van der Waals surface area contributed by atoms with E-state index in [1.165, 1.54) is 0 Å². The standard InChI is InChI=1S/C11H13N3O/c1-8(15)10-4-3-5-13-11(10)14-7-6-12-9(14)2/h3-8,15H,1-2H3/t8-/m1/s1. The molecule has 0 aromatic carbocycles. The van der Waals surface area contributed by atoms with E-state index in [1.54, 1.807) is 19.3 Å². The van der Waals surface area contributed by atoms with Gasteiger partial charge in [-0.3, -0.25) is 4.57 Å². The number of nitrogens with zero attached hydrogens (tertiary/aromatic N) is 3. The Labute approximate surface area is 88.2 Å². The zero-order valence-electron chi connectivity index (χ0n) is 8.75. The summed E-state index contributed by atoms with van der Waals surface area (Å²) in [6.45, 7) is 3.63. The Bertz CT molecular complexity index is 462. The molecule has 1 N–H and O–H groups in total. The van der Waals surface area contributed by atoms with Gasteiger partial charge >= 0.3 is 0 Å². The molecular formula is C11H13N3O. The van der Waals surface area contributed by atoms with Gasteiger partial charge in [-0.25, -0.2) is 9.97 Å². The quantitative estimate of drug-likeness (QED) is 0.807. The number of aromatic nitrogens is 3. The number of aliphatic hydroxyl groups excluding tert-OH is 1. The predicted octanol–water partition coefficient (Wildman–Crippen LogP) is 1.63. The van der Waals surface area contributed by atoms with Crippen LogP contribution in [0, 0.1) is 6.92 Å². The first-order valence-corrected chi connectivity index (χ1v) is 4.83. The molecule has 0 aliphatic carbocycles. The molecule has 2 heterocycles. The van der Waals surface area contributed by atoms with E-state index in [2.05, 4.69) is 9.97 Å². The van der Waals surface area contributed by atoms with E-state index in [9.17, 15) is 5.11 Å². The summed E-state index contributed by atoms with van der Waals surface area (Å²) < 4.78 is 1.86. The lowest BCUT2D eigenvalue weighted by Gasteiger charge is -2.11. The van der Waals surface area contributed by atoms with Gasteiger partial charge in [0, 0.05) is 24.2 Å². The molecule has 0 fully saturated rings. The molecule has 4 heteroatoms. The SMILES string of the molecule is Cc1nccn1-c1ncccc1[C@@H](C)O. The first kappa shape index (κ1) is 9.86. The Hall–Kier alpha value is -1.68. The van der Waals surface area contributed by atoms with Crippen LogP contribution in [-0.4, -0.2) is 19.6 Å². The van der Waals surface area contributed by atoms with Crippen LogP contribution in [0.2, 0.25) is 0 Å². The topological polar surface area (TPSA) is 50.9 Å². The average Bonchev–Trinajstić information content (AvgIpc) is 2.64. The Morgan fingerprint density at radius 2 is 2.13 bits per heavy atom. The van der Waals surface area contributed by atoms with Crippen molar-refractivity contribution in [3.63, 3.8) is 0 Å². The fourth-order valence-corrected chi connectivity index (χ4v) is 1.54. The van der Waals surface area contributed by atoms with Crippen molar-refractivity contribution >= 4 is 0 Å². The first-order chi connectivity index (χ1) is 7.20. The summed E-state index contributed by atoms with van der Waals surface area (Å²) >= 11 is 0. The predicted molar refractivity (Wildman–Crippen MR) is 56.7 cm³/mol. The molecule has 4 nitrogen and oxygen atoms in total. The highest BCUT2D eigenvalue weighted by molar-refractivity contribution is 5.36. The lowest BCUT2D eigenvalue weighted by molar-refractivity contribution is 0.198. The third-order valence-electron chi connectivity index (χ3n) is 2.32. The third-order valence-corrected chi connectivity index (χ3v) is 2.32. The van der Waals surface area contributed by atoms with Gasteiger partial charge in [0.1, 0.15) is 11.6 Å². The van der Waals surface area contributed by atoms with Crippen LogP contribution in [0.1, 0.15) is 24.4 Å². The van der Waals surface area contributed by atoms with Crippen molar-refractivity contribution in [2.75, 3.05) is 0 Å². The molecule has 2 aromatic rings. The second-order valence-electron chi connectivity index (χ2n) is 3.44. The number of aliphatic hydroxyl groups is 1. The maximum Gasteiger partial charge on any atom is 0.143 e. The number of hydrogen-bond donors (Lipinski definition) is 1. The van der Waals surface area contributed by atoms with Crippen molar-refractivity contribution < 1.29 is 5.11 Å². The van der Waals surface area contributed by atoms with Crippen molar-refractivity contribution in [3.05, 3.63) is 42.1 Å². The fourth-order valence-electron chi connectivity index (χ4n) is 1.54. The molecule has 2 aromatic heterocycles. The molecule has 2 rings (SSSR count). The summed E-state index contributed by atoms with van der Waals surface area (Å²) in [6.07, 6.45) is 4.73. The molecule has 0 unspecified atom stereocenters. The maximum absolute atomic E-state index is 9.62. The largest absolute Gasteiger partial charge is 0.389 e. The van der Waals surface area contributed by atoms with Gasteiger partial charge < -0.3 is 5.11 Å². The van der Waals surface area contributed by atoms with Crippen LogP contribution in [0.5, 0.6) is 0 Å². The van der Waals surface area contributed by atoms with E-state index in [-0.39, 0.29) is 0 Å². The lowest BCUT2D eigenvalue weighted by Crippen LogP contribution is -2.05. The average molecular weight is 203 g/mol. The van der Waals surface area contributed by atoms with Crippen molar-refractivity contribution in [2.24, 2.45) is 0 Å². The van der Waals surface area contributed by atoms with E-state index in [4.69, 9.17) is 0 Å². The monoisotopic (exact) mass is 203 g/mol. The van der Waals surface area contributed by atoms with Gasteiger partial charge in [0.2, 0.25) is 0 Å². The summed E-state index contributed by atoms with van der Waals surface area (Å²) in [6, 6.07) is 3.68. The molecule has 0 radical (unpaired) electrons. The van der Waals surface area contributed by atoms with Gasteiger partial charge in [0.25, 0.3) is 0 Å². The number of aryl methyl sites for hydroxylation is 1. The Morgan fingerprint density at radius 1 is 1.33 bits per heavy atom. The third kappa shape index (κ3) is 1.76. The summed E-state index contributed by atoms with van der Waals surface area (Å²) in [5.74, 6) is 1.60. The van der Waals surface area contributed by atoms with Gasteiger partial charge in [-0.2, -0.15) is 0 Å². The van der Waals surface area contributed by atoms with Crippen LogP contribution in [-0.2, 0) is 0 Å². The van der Waals surface area contributed by atoms with Crippen molar-refractivity contribution in [1.29, 1.82) is 0 Å². The Balaban J connectivity index is 2.58. The number of rotatable bonds is 2. The zero-order chi connectivity index (χ0) is 10.8. The van der Waals surface area contributed by atoms with Crippen LogP contribution in [0.4, 0.5) is 0 Å². The van der Waals surface area contributed by atoms with E-state index in [1.807, 2.05) is 29.8 Å². The highest BCUT2D eigenvalue weighted by atomic mass is 16.3. The molecule has 0 bridgehead atoms. The Morgan fingerprint density at radius 3 is 2.73 bits per heavy atom. The summed E-state index contributed by atoms with van der Waals surface area (Å²) in [7, 11) is 0. The van der Waals surface area contributed by atoms with Gasteiger partial charge in [-0.1, -0.05) is 6.07 Å². The van der Waals surface area contributed by atoms with Gasteiger partial charge in [-0.05, 0) is 19.9 Å². The van der Waals surface area contributed by atoms with E-state index >= 15 is 0 Å². The smallest absolute Gasteiger partial charge is 0.143 e. The van der Waals surface area contributed by atoms with E-state index in [0.717, 1.165) is 17.2 Å². The van der Waals surface area contributed by atoms with E-state index < -0.39 is 6.10 Å². The molecule has 0 spiro atoms. The molecule has 0 saturated heterocycles. The summed E-state index contributed by atoms with van der Waals surface area (Å²) in [5.41, 5.74) is 0.804. The molecular weight excluding hydrogens is 190 g/mol. The molecule has 1 atom stereocenters. The fraction of sp³-hybridized carbons (Fsp3) is 0.273. The molecule has 78 valence electrons. The highest BCUT2D eigenvalue weighted by Gasteiger charge is 2.11. The normalized spacial score (nSPS) is 12.7. The van der Waals surface area contributed by atoms with Crippen LogP contribution >= 0.6 is 0 Å². The van der Waals surface area contributed by atoms with E-state index in [0.29, 0.717) is 0 Å². The van der Waals surface area contributed by atoms with Crippen LogP contribution < -0.4 is 0 Å². The van der Waals surface area contributed by atoms with Crippen LogP contribution in [0.25, 0.3) is 5.82 Å². The molecule has 0 amide bonds. The molecule has 15 heavy (non-hydrogen) atoms.